The molecule has 11 atom stereocenters. The molecule has 1 amide bonds. The monoisotopic (exact) mass is 777 g/mol. The highest BCUT2D eigenvalue weighted by Gasteiger charge is 2.75. The van der Waals surface area contributed by atoms with E-state index in [0.29, 0.717) is 35.0 Å². The largest absolute Gasteiger partial charge is 0.481 e. The van der Waals surface area contributed by atoms with Crippen LogP contribution in [0.2, 0.25) is 5.02 Å². The Morgan fingerprint density at radius 1 is 0.927 bits per heavy atom. The van der Waals surface area contributed by atoms with Gasteiger partial charge in [0.05, 0.1) is 17.9 Å². The number of halogens is 1. The second kappa shape index (κ2) is 14.0. The van der Waals surface area contributed by atoms with E-state index in [-0.39, 0.29) is 68.8 Å². The highest BCUT2D eigenvalue weighted by atomic mass is 35.5. The molecular weight excluding hydrogens is 710 g/mol. The van der Waals surface area contributed by atoms with E-state index in [2.05, 4.69) is 66.8 Å². The maximum Gasteiger partial charge on any atom is 0.309 e. The lowest BCUT2D eigenvalue weighted by atomic mass is 9.30. The number of fused-ring (bicyclic) bond motifs is 7. The number of hydrogen-bond donors (Lipinski definition) is 2. The summed E-state index contributed by atoms with van der Waals surface area (Å²) in [4.78, 5) is 52.7. The molecule has 55 heavy (non-hydrogen) atoms. The van der Waals surface area contributed by atoms with Gasteiger partial charge in [0.15, 0.2) is 0 Å². The van der Waals surface area contributed by atoms with Crippen LogP contribution in [0.15, 0.2) is 36.4 Å². The quantitative estimate of drug-likeness (QED) is 0.191. The summed E-state index contributed by atoms with van der Waals surface area (Å²) in [7, 11) is 0. The number of benzene rings is 1. The summed E-state index contributed by atoms with van der Waals surface area (Å²) in [5.41, 5.74) is -1.02. The lowest BCUT2D eigenvalue weighted by Gasteiger charge is -2.74. The maximum atomic E-state index is 14.3. The van der Waals surface area contributed by atoms with E-state index in [1.165, 1.54) is 0 Å². The van der Waals surface area contributed by atoms with E-state index in [1.807, 2.05) is 31.2 Å². The van der Waals surface area contributed by atoms with Gasteiger partial charge in [-0.3, -0.25) is 19.2 Å². The Labute approximate surface area is 335 Å². The Morgan fingerprint density at radius 3 is 2.22 bits per heavy atom. The fourth-order valence-corrected chi connectivity index (χ4v) is 14.8. The highest BCUT2D eigenvalue weighted by molar-refractivity contribution is 6.30. The molecule has 0 bridgehead atoms. The number of allylic oxidation sites excluding steroid dienone is 1. The second-order valence-corrected chi connectivity index (χ2v) is 21.7. The molecule has 5 saturated carbocycles. The van der Waals surface area contributed by atoms with Crippen LogP contribution < -0.4 is 5.32 Å². The van der Waals surface area contributed by atoms with Crippen molar-refractivity contribution in [1.82, 2.24) is 5.32 Å². The summed E-state index contributed by atoms with van der Waals surface area (Å²) in [6.45, 7) is 24.2. The first-order valence-corrected chi connectivity index (χ1v) is 21.5. The molecule has 0 aromatic heterocycles. The first-order chi connectivity index (χ1) is 25.4. The Hall–Kier alpha value is -2.67. The SMILES string of the molecule is CC(NC(=O)C=CC12CCC3(C)C(CCC4C5(C)CCC(OC(=O)CC(C)(C)C(=O)O)C(C)(C)C5CCC43C)C1(C)C(C(C)C)C(=O)C2)c1cccc(Cl)c1. The summed E-state index contributed by atoms with van der Waals surface area (Å²) in [6.07, 6.45) is 11.9. The number of carbonyl (C=O) groups excluding carboxylic acids is 3. The molecular formula is C47H68ClNO6. The van der Waals surface area contributed by atoms with Gasteiger partial charge in [-0.1, -0.05) is 85.2 Å². The van der Waals surface area contributed by atoms with Crippen LogP contribution in [0.3, 0.4) is 0 Å². The third-order valence-corrected chi connectivity index (χ3v) is 17.8. The van der Waals surface area contributed by atoms with Gasteiger partial charge in [0, 0.05) is 28.2 Å². The number of ether oxygens (including phenoxy) is 1. The Morgan fingerprint density at radius 2 is 1.58 bits per heavy atom. The zero-order valence-corrected chi connectivity index (χ0v) is 36.2. The molecule has 2 N–H and O–H groups in total. The number of carboxylic acids is 1. The molecule has 8 heteroatoms. The van der Waals surface area contributed by atoms with Gasteiger partial charge in [0.1, 0.15) is 11.9 Å². The van der Waals surface area contributed by atoms with Gasteiger partial charge in [0.2, 0.25) is 5.91 Å². The normalized spacial score (nSPS) is 40.1. The number of nitrogens with one attached hydrogen (secondary N) is 1. The number of Topliss-reactive ketones (excluding diaryl/α,β-unsaturated/α-hetero) is 1. The molecule has 0 saturated heterocycles. The van der Waals surface area contributed by atoms with E-state index in [4.69, 9.17) is 16.3 Å². The third kappa shape index (κ3) is 6.43. The van der Waals surface area contributed by atoms with Gasteiger partial charge in [-0.15, -0.1) is 0 Å². The number of aliphatic carboxylic acids is 1. The number of carboxylic acid groups (broad SMARTS) is 1. The van der Waals surface area contributed by atoms with E-state index < -0.39 is 17.4 Å². The van der Waals surface area contributed by atoms with E-state index >= 15 is 0 Å². The standard InChI is InChI=1S/C47H68ClNO6/c1-28(2)39-32(50)26-47(22-19-37(51)49-29(3)30-13-12-14-31(48)25-30)24-23-45(10)35(46(39,47)11)16-15-34-43(8)20-18-36(55-38(52)27-41(4,5)40(53)54)42(6,7)33(43)17-21-44(34,45)9/h12-14,19,22,25,28-29,33-36,39H,15-18,20-21,23-24,26-27H2,1-11H3,(H,49,51)(H,53,54). The van der Waals surface area contributed by atoms with E-state index in [1.54, 1.807) is 19.9 Å². The second-order valence-electron chi connectivity index (χ2n) is 21.2. The number of amides is 1. The average molecular weight is 779 g/mol. The molecule has 1 aromatic rings. The maximum absolute atomic E-state index is 14.3. The minimum absolute atomic E-state index is 0.00691. The predicted octanol–water partition coefficient (Wildman–Crippen LogP) is 10.8. The minimum atomic E-state index is -1.17. The summed E-state index contributed by atoms with van der Waals surface area (Å²) in [5, 5.41) is 13.4. The highest BCUT2D eigenvalue weighted by Crippen LogP contribution is 2.80. The predicted molar refractivity (Wildman–Crippen MR) is 217 cm³/mol. The molecule has 5 aliphatic carbocycles. The molecule has 5 fully saturated rings. The van der Waals surface area contributed by atoms with Crippen LogP contribution in [0.1, 0.15) is 152 Å². The first kappa shape index (κ1) is 41.9. The third-order valence-electron chi connectivity index (χ3n) is 17.5. The molecule has 1 aromatic carbocycles. The number of ketones is 1. The summed E-state index contributed by atoms with van der Waals surface area (Å²) < 4.78 is 6.18. The van der Waals surface area contributed by atoms with Gasteiger partial charge < -0.3 is 15.2 Å². The van der Waals surface area contributed by atoms with Crippen molar-refractivity contribution in [2.75, 3.05) is 0 Å². The fourth-order valence-electron chi connectivity index (χ4n) is 14.6. The topological polar surface area (TPSA) is 110 Å². The number of carbonyl (C=O) groups is 4. The molecule has 0 radical (unpaired) electrons. The number of hydrogen-bond acceptors (Lipinski definition) is 5. The van der Waals surface area contributed by atoms with Crippen LogP contribution in [-0.2, 0) is 23.9 Å². The van der Waals surface area contributed by atoms with E-state index in [0.717, 1.165) is 56.9 Å². The first-order valence-electron chi connectivity index (χ1n) is 21.1. The molecule has 6 rings (SSSR count). The van der Waals surface area contributed by atoms with Gasteiger partial charge in [-0.2, -0.15) is 0 Å². The van der Waals surface area contributed by atoms with Crippen LogP contribution in [0.4, 0.5) is 0 Å². The van der Waals surface area contributed by atoms with Crippen molar-refractivity contribution in [3.63, 3.8) is 0 Å². The van der Waals surface area contributed by atoms with Crippen LogP contribution in [0.5, 0.6) is 0 Å². The number of rotatable bonds is 9. The average Bonchev–Trinajstić information content (AvgIpc) is 3.31. The Kier molecular flexibility index (Phi) is 10.7. The fraction of sp³-hybridized carbons (Fsp3) is 0.745. The molecule has 0 aliphatic heterocycles. The van der Waals surface area contributed by atoms with Gasteiger partial charge in [-0.05, 0) is 141 Å². The van der Waals surface area contributed by atoms with Crippen molar-refractivity contribution in [2.24, 2.45) is 67.5 Å². The zero-order valence-electron chi connectivity index (χ0n) is 35.4. The van der Waals surface area contributed by atoms with Crippen LogP contribution in [-0.4, -0.2) is 34.8 Å². The van der Waals surface area contributed by atoms with Gasteiger partial charge in [0.25, 0.3) is 0 Å². The smallest absolute Gasteiger partial charge is 0.309 e. The van der Waals surface area contributed by atoms with Crippen LogP contribution in [0, 0.1) is 67.5 Å². The van der Waals surface area contributed by atoms with Crippen molar-refractivity contribution in [3.8, 4) is 0 Å². The van der Waals surface area contributed by atoms with Crippen molar-refractivity contribution in [2.45, 2.75) is 153 Å². The summed E-state index contributed by atoms with van der Waals surface area (Å²) in [6, 6.07) is 7.38. The van der Waals surface area contributed by atoms with Crippen LogP contribution >= 0.6 is 11.6 Å². The van der Waals surface area contributed by atoms with Gasteiger partial charge >= 0.3 is 11.9 Å². The van der Waals surface area contributed by atoms with Crippen molar-refractivity contribution in [1.29, 1.82) is 0 Å². The van der Waals surface area contributed by atoms with Crippen LogP contribution in [0.25, 0.3) is 0 Å². The van der Waals surface area contributed by atoms with E-state index in [9.17, 15) is 24.3 Å². The lowest BCUT2D eigenvalue weighted by molar-refractivity contribution is -0.263. The Balaban J connectivity index is 1.28. The molecule has 7 nitrogen and oxygen atoms in total. The lowest BCUT2D eigenvalue weighted by Crippen LogP contribution is -2.68. The minimum Gasteiger partial charge on any atom is -0.481 e. The molecule has 304 valence electrons. The Bertz CT molecular complexity index is 1750. The van der Waals surface area contributed by atoms with Crippen molar-refractivity contribution >= 4 is 35.2 Å². The molecule has 0 spiro atoms. The van der Waals surface area contributed by atoms with Gasteiger partial charge in [-0.25, -0.2) is 0 Å². The van der Waals surface area contributed by atoms with Crippen molar-refractivity contribution in [3.05, 3.63) is 47.0 Å². The molecule has 11 unspecified atom stereocenters. The molecule has 5 aliphatic rings. The number of esters is 1. The summed E-state index contributed by atoms with van der Waals surface area (Å²) >= 11 is 6.25. The zero-order chi connectivity index (χ0) is 40.7. The molecule has 0 heterocycles. The van der Waals surface area contributed by atoms with Crippen molar-refractivity contribution < 1.29 is 29.0 Å². The summed E-state index contributed by atoms with van der Waals surface area (Å²) in [5.74, 6) is 0.0992.